The van der Waals surface area contributed by atoms with Crippen molar-refractivity contribution in [1.29, 1.82) is 0 Å². The average molecular weight is 451 g/mol. The van der Waals surface area contributed by atoms with Crippen molar-refractivity contribution in [2.24, 2.45) is 0 Å². The molecule has 1 atom stereocenters. The standard InChI is InChI=1S/C21H31BrN4O2/c1-2-24-12-3-4-19(24)16-26(21(28)17-5-7-18(22)8-6-17)13-9-20(27)25-14-10-23-11-15-25/h5-8,19,23H,2-4,9-16H2,1H3. The zero-order chi connectivity index (χ0) is 19.9. The lowest BCUT2D eigenvalue weighted by Crippen LogP contribution is -2.48. The van der Waals surface area contributed by atoms with E-state index in [0.717, 1.165) is 50.2 Å². The van der Waals surface area contributed by atoms with E-state index in [-0.39, 0.29) is 11.8 Å². The molecule has 2 heterocycles. The number of rotatable bonds is 7. The molecule has 3 rings (SSSR count). The van der Waals surface area contributed by atoms with Gasteiger partial charge in [0.05, 0.1) is 0 Å². The number of benzene rings is 1. The van der Waals surface area contributed by atoms with Gasteiger partial charge in [0.25, 0.3) is 5.91 Å². The molecule has 2 aliphatic rings. The van der Waals surface area contributed by atoms with Gasteiger partial charge < -0.3 is 15.1 Å². The molecule has 0 aromatic heterocycles. The minimum absolute atomic E-state index is 0.0172. The van der Waals surface area contributed by atoms with E-state index >= 15 is 0 Å². The number of hydrogen-bond donors (Lipinski definition) is 1. The summed E-state index contributed by atoms with van der Waals surface area (Å²) >= 11 is 3.43. The van der Waals surface area contributed by atoms with Gasteiger partial charge in [-0.05, 0) is 50.2 Å². The normalized spacial score (nSPS) is 20.4. The Bertz CT molecular complexity index is 661. The van der Waals surface area contributed by atoms with Gasteiger partial charge in [0.15, 0.2) is 0 Å². The van der Waals surface area contributed by atoms with E-state index in [1.54, 1.807) is 0 Å². The lowest BCUT2D eigenvalue weighted by atomic mass is 10.1. The third-order valence-corrected chi connectivity index (χ3v) is 6.31. The van der Waals surface area contributed by atoms with Gasteiger partial charge in [-0.25, -0.2) is 0 Å². The van der Waals surface area contributed by atoms with Crippen LogP contribution >= 0.6 is 15.9 Å². The molecule has 0 bridgehead atoms. The minimum Gasteiger partial charge on any atom is -0.340 e. The van der Waals surface area contributed by atoms with E-state index in [9.17, 15) is 9.59 Å². The maximum Gasteiger partial charge on any atom is 0.253 e. The van der Waals surface area contributed by atoms with Crippen LogP contribution in [0.15, 0.2) is 28.7 Å². The molecular weight excluding hydrogens is 420 g/mol. The van der Waals surface area contributed by atoms with Crippen molar-refractivity contribution >= 4 is 27.7 Å². The van der Waals surface area contributed by atoms with Gasteiger partial charge in [-0.3, -0.25) is 14.5 Å². The summed E-state index contributed by atoms with van der Waals surface area (Å²) in [6.07, 6.45) is 2.68. The monoisotopic (exact) mass is 450 g/mol. The molecular formula is C21H31BrN4O2. The number of likely N-dealkylation sites (N-methyl/N-ethyl adjacent to an activating group) is 1. The Hall–Kier alpha value is -1.44. The average Bonchev–Trinajstić information content (AvgIpc) is 3.18. The van der Waals surface area contributed by atoms with E-state index in [1.807, 2.05) is 34.1 Å². The fourth-order valence-corrected chi connectivity index (χ4v) is 4.39. The van der Waals surface area contributed by atoms with Crippen molar-refractivity contribution in [1.82, 2.24) is 20.0 Å². The van der Waals surface area contributed by atoms with Crippen molar-refractivity contribution < 1.29 is 9.59 Å². The zero-order valence-corrected chi connectivity index (χ0v) is 18.3. The van der Waals surface area contributed by atoms with Crippen molar-refractivity contribution in [3.05, 3.63) is 34.3 Å². The van der Waals surface area contributed by atoms with E-state index in [2.05, 4.69) is 33.1 Å². The molecule has 0 radical (unpaired) electrons. The first-order valence-corrected chi connectivity index (χ1v) is 11.1. The maximum atomic E-state index is 13.2. The highest BCUT2D eigenvalue weighted by Gasteiger charge is 2.28. The predicted octanol–water partition coefficient (Wildman–Crippen LogP) is 2.20. The maximum absolute atomic E-state index is 13.2. The second-order valence-electron chi connectivity index (χ2n) is 7.56. The first kappa shape index (κ1) is 21.3. The van der Waals surface area contributed by atoms with Gasteiger partial charge in [-0.15, -0.1) is 0 Å². The van der Waals surface area contributed by atoms with Crippen LogP contribution in [0.1, 0.15) is 36.5 Å². The third kappa shape index (κ3) is 5.55. The minimum atomic E-state index is 0.0172. The molecule has 2 saturated heterocycles. The van der Waals surface area contributed by atoms with Crippen molar-refractivity contribution in [3.8, 4) is 0 Å². The second kappa shape index (κ2) is 10.4. The van der Waals surface area contributed by atoms with Crippen LogP contribution in [-0.2, 0) is 4.79 Å². The third-order valence-electron chi connectivity index (χ3n) is 5.78. The van der Waals surface area contributed by atoms with Gasteiger partial charge in [-0.1, -0.05) is 22.9 Å². The van der Waals surface area contributed by atoms with Crippen LogP contribution < -0.4 is 5.32 Å². The number of amides is 2. The van der Waals surface area contributed by atoms with Crippen molar-refractivity contribution in [3.63, 3.8) is 0 Å². The molecule has 28 heavy (non-hydrogen) atoms. The zero-order valence-electron chi connectivity index (χ0n) is 16.7. The Kier molecular flexibility index (Phi) is 7.88. The van der Waals surface area contributed by atoms with Crippen LogP contribution in [-0.4, -0.2) is 84.9 Å². The summed E-state index contributed by atoms with van der Waals surface area (Å²) in [6.45, 7) is 8.65. The highest BCUT2D eigenvalue weighted by molar-refractivity contribution is 9.10. The van der Waals surface area contributed by atoms with Gasteiger partial charge in [0.1, 0.15) is 0 Å². The van der Waals surface area contributed by atoms with Crippen molar-refractivity contribution in [2.75, 3.05) is 52.4 Å². The second-order valence-corrected chi connectivity index (χ2v) is 8.48. The van der Waals surface area contributed by atoms with Crippen LogP contribution in [0.2, 0.25) is 0 Å². The first-order chi connectivity index (χ1) is 13.6. The predicted molar refractivity (Wildman–Crippen MR) is 114 cm³/mol. The lowest BCUT2D eigenvalue weighted by Gasteiger charge is -2.32. The van der Waals surface area contributed by atoms with E-state index < -0.39 is 0 Å². The number of nitrogens with zero attached hydrogens (tertiary/aromatic N) is 3. The molecule has 1 aromatic rings. The van der Waals surface area contributed by atoms with Crippen LogP contribution in [0, 0.1) is 0 Å². The van der Waals surface area contributed by atoms with Crippen LogP contribution in [0.3, 0.4) is 0 Å². The summed E-state index contributed by atoms with van der Waals surface area (Å²) in [6, 6.07) is 7.88. The SMILES string of the molecule is CCN1CCCC1CN(CCC(=O)N1CCNCC1)C(=O)c1ccc(Br)cc1. The van der Waals surface area contributed by atoms with Crippen molar-refractivity contribution in [2.45, 2.75) is 32.2 Å². The highest BCUT2D eigenvalue weighted by Crippen LogP contribution is 2.20. The summed E-state index contributed by atoms with van der Waals surface area (Å²) in [7, 11) is 0. The fraction of sp³-hybridized carbons (Fsp3) is 0.619. The van der Waals surface area contributed by atoms with Crippen LogP contribution in [0.4, 0.5) is 0 Å². The van der Waals surface area contributed by atoms with Crippen LogP contribution in [0.25, 0.3) is 0 Å². The summed E-state index contributed by atoms with van der Waals surface area (Å²) in [5.74, 6) is 0.164. The molecule has 0 aliphatic carbocycles. The lowest BCUT2D eigenvalue weighted by molar-refractivity contribution is -0.132. The molecule has 1 unspecified atom stereocenters. The quantitative estimate of drug-likeness (QED) is 0.691. The van der Waals surface area contributed by atoms with Gasteiger partial charge >= 0.3 is 0 Å². The summed E-state index contributed by atoms with van der Waals surface area (Å²) in [5, 5.41) is 3.27. The molecule has 2 fully saturated rings. The summed E-state index contributed by atoms with van der Waals surface area (Å²) in [5.41, 5.74) is 0.680. The Morgan fingerprint density at radius 1 is 1.18 bits per heavy atom. The number of carbonyl (C=O) groups is 2. The number of hydrogen-bond acceptors (Lipinski definition) is 4. The number of piperazine rings is 1. The number of likely N-dealkylation sites (tertiary alicyclic amines) is 1. The topological polar surface area (TPSA) is 55.9 Å². The Morgan fingerprint density at radius 2 is 1.89 bits per heavy atom. The molecule has 2 amide bonds. The molecule has 1 aromatic carbocycles. The number of halogens is 1. The number of carbonyl (C=O) groups excluding carboxylic acids is 2. The summed E-state index contributed by atoms with van der Waals surface area (Å²) < 4.78 is 0.956. The van der Waals surface area contributed by atoms with Gasteiger partial charge in [-0.2, -0.15) is 0 Å². The molecule has 2 aliphatic heterocycles. The fourth-order valence-electron chi connectivity index (χ4n) is 4.13. The molecule has 0 saturated carbocycles. The van der Waals surface area contributed by atoms with E-state index in [1.165, 1.54) is 6.42 Å². The molecule has 7 heteroatoms. The Labute approximate surface area is 176 Å². The summed E-state index contributed by atoms with van der Waals surface area (Å²) in [4.78, 5) is 32.0. The van der Waals surface area contributed by atoms with E-state index in [4.69, 9.17) is 0 Å². The smallest absolute Gasteiger partial charge is 0.253 e. The molecule has 0 spiro atoms. The van der Waals surface area contributed by atoms with Gasteiger partial charge in [0.2, 0.25) is 5.91 Å². The number of nitrogens with one attached hydrogen (secondary N) is 1. The molecule has 6 nitrogen and oxygen atoms in total. The van der Waals surface area contributed by atoms with Gasteiger partial charge in [0, 0.05) is 61.8 Å². The largest absolute Gasteiger partial charge is 0.340 e. The Morgan fingerprint density at radius 3 is 2.57 bits per heavy atom. The van der Waals surface area contributed by atoms with Crippen LogP contribution in [0.5, 0.6) is 0 Å². The molecule has 154 valence electrons. The highest BCUT2D eigenvalue weighted by atomic mass is 79.9. The Balaban J connectivity index is 1.67. The first-order valence-electron chi connectivity index (χ1n) is 10.4. The van der Waals surface area contributed by atoms with E-state index in [0.29, 0.717) is 31.1 Å². The molecule has 1 N–H and O–H groups in total.